The van der Waals surface area contributed by atoms with Crippen molar-refractivity contribution >= 4 is 29.1 Å². The summed E-state index contributed by atoms with van der Waals surface area (Å²) in [5, 5.41) is 5.63. The minimum Gasteiger partial charge on any atom is -0.347 e. The number of hydrogen-bond acceptors (Lipinski definition) is 2. The molecule has 0 aliphatic rings. The standard InChI is InChI=1S/C15H21ClN2O2/c1-10(9-16)13(19)17-12-7-5-11(6-8-12)14(20)18-15(2,3)4/h5-8,10H,9H2,1-4H3,(H,17,19)(H,18,20). The minimum atomic E-state index is -0.278. The van der Waals surface area contributed by atoms with Gasteiger partial charge in [0.1, 0.15) is 0 Å². The highest BCUT2D eigenvalue weighted by Gasteiger charge is 2.15. The molecule has 0 radical (unpaired) electrons. The van der Waals surface area contributed by atoms with Gasteiger partial charge in [-0.2, -0.15) is 0 Å². The number of alkyl halides is 1. The number of carbonyl (C=O) groups excluding carboxylic acids is 2. The highest BCUT2D eigenvalue weighted by atomic mass is 35.5. The Morgan fingerprint density at radius 3 is 2.20 bits per heavy atom. The first-order valence-corrected chi connectivity index (χ1v) is 7.06. The van der Waals surface area contributed by atoms with E-state index in [0.29, 0.717) is 11.3 Å². The molecule has 1 atom stereocenters. The molecule has 5 heteroatoms. The molecule has 0 saturated heterocycles. The van der Waals surface area contributed by atoms with Crippen LogP contribution >= 0.6 is 11.6 Å². The summed E-state index contributed by atoms with van der Waals surface area (Å²) in [4.78, 5) is 23.6. The number of anilines is 1. The predicted molar refractivity (Wildman–Crippen MR) is 82.2 cm³/mol. The van der Waals surface area contributed by atoms with Crippen LogP contribution in [0.25, 0.3) is 0 Å². The van der Waals surface area contributed by atoms with Gasteiger partial charge in [-0.1, -0.05) is 6.92 Å². The third kappa shape index (κ3) is 5.21. The van der Waals surface area contributed by atoms with Gasteiger partial charge in [0.25, 0.3) is 5.91 Å². The van der Waals surface area contributed by atoms with Crippen LogP contribution in [0.3, 0.4) is 0 Å². The second-order valence-electron chi connectivity index (χ2n) is 5.83. The molecule has 1 aromatic rings. The number of halogens is 1. The SMILES string of the molecule is CC(CCl)C(=O)Nc1ccc(C(=O)NC(C)(C)C)cc1. The zero-order chi connectivity index (χ0) is 15.3. The average molecular weight is 297 g/mol. The van der Waals surface area contributed by atoms with E-state index in [1.807, 2.05) is 20.8 Å². The lowest BCUT2D eigenvalue weighted by Gasteiger charge is -2.20. The molecular weight excluding hydrogens is 276 g/mol. The van der Waals surface area contributed by atoms with Crippen LogP contribution < -0.4 is 10.6 Å². The van der Waals surface area contributed by atoms with Crippen LogP contribution in [0.1, 0.15) is 38.1 Å². The van der Waals surface area contributed by atoms with Crippen molar-refractivity contribution in [3.05, 3.63) is 29.8 Å². The van der Waals surface area contributed by atoms with Crippen molar-refractivity contribution < 1.29 is 9.59 Å². The van der Waals surface area contributed by atoms with Crippen molar-refractivity contribution in [3.63, 3.8) is 0 Å². The van der Waals surface area contributed by atoms with Crippen molar-refractivity contribution in [2.24, 2.45) is 5.92 Å². The first-order chi connectivity index (χ1) is 9.23. The smallest absolute Gasteiger partial charge is 0.251 e. The molecule has 2 N–H and O–H groups in total. The lowest BCUT2D eigenvalue weighted by molar-refractivity contribution is -0.118. The highest BCUT2D eigenvalue weighted by molar-refractivity contribution is 6.19. The summed E-state index contributed by atoms with van der Waals surface area (Å²) in [7, 11) is 0. The fraction of sp³-hybridized carbons (Fsp3) is 0.467. The third-order valence-corrected chi connectivity index (χ3v) is 3.05. The number of benzene rings is 1. The maximum absolute atomic E-state index is 11.9. The van der Waals surface area contributed by atoms with E-state index >= 15 is 0 Å². The Bertz CT molecular complexity index is 478. The van der Waals surface area contributed by atoms with E-state index < -0.39 is 0 Å². The highest BCUT2D eigenvalue weighted by Crippen LogP contribution is 2.12. The first-order valence-electron chi connectivity index (χ1n) is 6.52. The molecular formula is C15H21ClN2O2. The molecule has 0 fully saturated rings. The van der Waals surface area contributed by atoms with Crippen LogP contribution in [0.5, 0.6) is 0 Å². The fourth-order valence-corrected chi connectivity index (χ4v) is 1.59. The molecule has 0 saturated carbocycles. The van der Waals surface area contributed by atoms with Gasteiger partial charge in [-0.05, 0) is 45.0 Å². The number of hydrogen-bond donors (Lipinski definition) is 2. The summed E-state index contributed by atoms with van der Waals surface area (Å²) in [6.07, 6.45) is 0. The summed E-state index contributed by atoms with van der Waals surface area (Å²) in [6, 6.07) is 6.77. The van der Waals surface area contributed by atoms with Gasteiger partial charge in [0, 0.05) is 28.6 Å². The van der Waals surface area contributed by atoms with Crippen LogP contribution in [-0.2, 0) is 4.79 Å². The summed E-state index contributed by atoms with van der Waals surface area (Å²) in [5.41, 5.74) is 0.933. The van der Waals surface area contributed by atoms with Crippen molar-refractivity contribution in [3.8, 4) is 0 Å². The quantitative estimate of drug-likeness (QED) is 0.839. The zero-order valence-electron chi connectivity index (χ0n) is 12.3. The summed E-state index contributed by atoms with van der Waals surface area (Å²) in [5.74, 6) is -0.241. The normalized spacial score (nSPS) is 12.7. The fourth-order valence-electron chi connectivity index (χ4n) is 1.45. The van der Waals surface area contributed by atoms with Gasteiger partial charge in [0.15, 0.2) is 0 Å². The topological polar surface area (TPSA) is 58.2 Å². The number of carbonyl (C=O) groups is 2. The van der Waals surface area contributed by atoms with E-state index in [2.05, 4.69) is 10.6 Å². The zero-order valence-corrected chi connectivity index (χ0v) is 13.0. The molecule has 1 rings (SSSR count). The first kappa shape index (κ1) is 16.5. The summed E-state index contributed by atoms with van der Waals surface area (Å²) in [6.45, 7) is 7.53. The van der Waals surface area contributed by atoms with Crippen molar-refractivity contribution in [1.29, 1.82) is 0 Å². The van der Waals surface area contributed by atoms with Crippen LogP contribution in [0.2, 0.25) is 0 Å². The van der Waals surface area contributed by atoms with Crippen molar-refractivity contribution in [1.82, 2.24) is 5.32 Å². The second-order valence-corrected chi connectivity index (χ2v) is 6.13. The molecule has 4 nitrogen and oxygen atoms in total. The van der Waals surface area contributed by atoms with E-state index in [0.717, 1.165) is 0 Å². The van der Waals surface area contributed by atoms with Gasteiger partial charge in [-0.15, -0.1) is 11.6 Å². The third-order valence-electron chi connectivity index (χ3n) is 2.58. The van der Waals surface area contributed by atoms with Crippen molar-refractivity contribution in [2.75, 3.05) is 11.2 Å². The Hall–Kier alpha value is -1.55. The van der Waals surface area contributed by atoms with Gasteiger partial charge < -0.3 is 10.6 Å². The molecule has 0 spiro atoms. The van der Waals surface area contributed by atoms with Gasteiger partial charge in [-0.3, -0.25) is 9.59 Å². The van der Waals surface area contributed by atoms with E-state index in [9.17, 15) is 9.59 Å². The monoisotopic (exact) mass is 296 g/mol. The Balaban J connectivity index is 2.69. The van der Waals surface area contributed by atoms with Crippen LogP contribution in [0.15, 0.2) is 24.3 Å². The van der Waals surface area contributed by atoms with E-state index in [1.54, 1.807) is 31.2 Å². The largest absolute Gasteiger partial charge is 0.347 e. The molecule has 0 heterocycles. The van der Waals surface area contributed by atoms with Gasteiger partial charge in [0.05, 0.1) is 0 Å². The van der Waals surface area contributed by atoms with Gasteiger partial charge in [-0.25, -0.2) is 0 Å². The molecule has 2 amide bonds. The molecule has 1 aromatic carbocycles. The molecule has 20 heavy (non-hydrogen) atoms. The number of nitrogens with one attached hydrogen (secondary N) is 2. The average Bonchev–Trinajstić information content (AvgIpc) is 2.36. The maximum Gasteiger partial charge on any atom is 0.251 e. The Kier molecular flexibility index (Phi) is 5.57. The molecule has 110 valence electrons. The van der Waals surface area contributed by atoms with Crippen LogP contribution in [-0.4, -0.2) is 23.2 Å². The predicted octanol–water partition coefficient (Wildman–Crippen LogP) is 3.03. The van der Waals surface area contributed by atoms with Crippen molar-refractivity contribution in [2.45, 2.75) is 33.2 Å². The molecule has 0 aliphatic heterocycles. The van der Waals surface area contributed by atoms with Gasteiger partial charge in [0.2, 0.25) is 5.91 Å². The summed E-state index contributed by atoms with van der Waals surface area (Å²) >= 11 is 5.63. The van der Waals surface area contributed by atoms with E-state index in [4.69, 9.17) is 11.6 Å². The lowest BCUT2D eigenvalue weighted by atomic mass is 10.1. The van der Waals surface area contributed by atoms with E-state index in [-0.39, 0.29) is 29.2 Å². The Labute approximate surface area is 124 Å². The summed E-state index contributed by atoms with van der Waals surface area (Å²) < 4.78 is 0. The molecule has 1 unspecified atom stereocenters. The molecule has 0 aliphatic carbocycles. The Morgan fingerprint density at radius 2 is 1.75 bits per heavy atom. The van der Waals surface area contributed by atoms with Crippen LogP contribution in [0, 0.1) is 5.92 Å². The molecule has 0 aromatic heterocycles. The lowest BCUT2D eigenvalue weighted by Crippen LogP contribution is -2.40. The van der Waals surface area contributed by atoms with E-state index in [1.165, 1.54) is 0 Å². The van der Waals surface area contributed by atoms with Crippen LogP contribution in [0.4, 0.5) is 5.69 Å². The second kappa shape index (κ2) is 6.75. The Morgan fingerprint density at radius 1 is 1.20 bits per heavy atom. The minimum absolute atomic E-state index is 0.133. The molecule has 0 bridgehead atoms. The maximum atomic E-state index is 11.9. The number of amides is 2. The van der Waals surface area contributed by atoms with Gasteiger partial charge >= 0.3 is 0 Å². The number of rotatable bonds is 4.